The number of hydrogen-bond acceptors (Lipinski definition) is 5. The van der Waals surface area contributed by atoms with Gasteiger partial charge in [-0.25, -0.2) is 9.97 Å². The molecular formula is C22H21N5O. The van der Waals surface area contributed by atoms with E-state index < -0.39 is 0 Å². The van der Waals surface area contributed by atoms with Crippen molar-refractivity contribution in [2.24, 2.45) is 5.92 Å². The number of hydrogen-bond donors (Lipinski definition) is 1. The van der Waals surface area contributed by atoms with E-state index in [4.69, 9.17) is 0 Å². The minimum Gasteiger partial charge on any atom is -0.370 e. The van der Waals surface area contributed by atoms with Crippen LogP contribution in [0.25, 0.3) is 10.9 Å². The van der Waals surface area contributed by atoms with E-state index in [9.17, 15) is 10.1 Å². The first-order valence-electron chi connectivity index (χ1n) is 9.43. The number of benzene rings is 1. The summed E-state index contributed by atoms with van der Waals surface area (Å²) in [6.45, 7) is 3.36. The van der Waals surface area contributed by atoms with Crippen molar-refractivity contribution in [2.75, 3.05) is 23.3 Å². The first kappa shape index (κ1) is 17.9. The molecule has 6 heteroatoms. The number of rotatable bonds is 3. The molecule has 0 saturated carbocycles. The molecular weight excluding hydrogens is 350 g/mol. The van der Waals surface area contributed by atoms with Crippen LogP contribution in [0, 0.1) is 24.2 Å². The molecule has 1 amide bonds. The van der Waals surface area contributed by atoms with Crippen LogP contribution in [0.5, 0.6) is 0 Å². The first-order chi connectivity index (χ1) is 13.6. The zero-order chi connectivity index (χ0) is 19.5. The Morgan fingerprint density at radius 1 is 1.21 bits per heavy atom. The molecule has 3 heterocycles. The summed E-state index contributed by atoms with van der Waals surface area (Å²) in [5.41, 5.74) is 3.03. The smallest absolute Gasteiger partial charge is 0.230 e. The maximum absolute atomic E-state index is 12.8. The van der Waals surface area contributed by atoms with Crippen LogP contribution >= 0.6 is 0 Å². The van der Waals surface area contributed by atoms with Gasteiger partial charge in [-0.1, -0.05) is 24.3 Å². The van der Waals surface area contributed by atoms with Gasteiger partial charge in [0.25, 0.3) is 0 Å². The fourth-order valence-corrected chi connectivity index (χ4v) is 3.73. The number of fused-ring (bicyclic) bond motifs is 1. The highest BCUT2D eigenvalue weighted by atomic mass is 16.2. The standard InChI is InChI=1S/C22H21N5O/c1-15-6-4-10-21(24-15)26-22(28)16-7-5-11-27(14-16)20-12-17(13-23)25-19-9-3-2-8-18(19)20/h2-4,6,8-10,12,16H,5,7,11,14H2,1H3,(H,24,26,28). The summed E-state index contributed by atoms with van der Waals surface area (Å²) in [4.78, 5) is 23.7. The number of nitriles is 1. The third-order valence-corrected chi connectivity index (χ3v) is 5.08. The summed E-state index contributed by atoms with van der Waals surface area (Å²) < 4.78 is 0. The summed E-state index contributed by atoms with van der Waals surface area (Å²) in [5.74, 6) is 0.443. The minimum absolute atomic E-state index is 0.0123. The maximum atomic E-state index is 12.8. The first-order valence-corrected chi connectivity index (χ1v) is 9.43. The van der Waals surface area contributed by atoms with E-state index in [0.29, 0.717) is 18.1 Å². The molecule has 1 aliphatic heterocycles. The molecule has 0 radical (unpaired) electrons. The van der Waals surface area contributed by atoms with Gasteiger partial charge >= 0.3 is 0 Å². The minimum atomic E-state index is -0.131. The van der Waals surface area contributed by atoms with Crippen LogP contribution < -0.4 is 10.2 Å². The van der Waals surface area contributed by atoms with Crippen molar-refractivity contribution in [3.05, 3.63) is 59.9 Å². The molecule has 1 aliphatic rings. The Bertz CT molecular complexity index is 1070. The lowest BCUT2D eigenvalue weighted by Crippen LogP contribution is -2.41. The third-order valence-electron chi connectivity index (χ3n) is 5.08. The van der Waals surface area contributed by atoms with Crippen molar-refractivity contribution in [1.82, 2.24) is 9.97 Å². The predicted molar refractivity (Wildman–Crippen MR) is 109 cm³/mol. The molecule has 1 atom stereocenters. The Morgan fingerprint density at radius 3 is 2.89 bits per heavy atom. The van der Waals surface area contributed by atoms with Gasteiger partial charge in [0.15, 0.2) is 0 Å². The summed E-state index contributed by atoms with van der Waals surface area (Å²) in [6, 6.07) is 17.4. The normalized spacial score (nSPS) is 16.6. The molecule has 3 aromatic rings. The average molecular weight is 371 g/mol. The molecule has 1 N–H and O–H groups in total. The van der Waals surface area contributed by atoms with Crippen LogP contribution in [-0.2, 0) is 4.79 Å². The lowest BCUT2D eigenvalue weighted by atomic mass is 9.96. The highest BCUT2D eigenvalue weighted by Crippen LogP contribution is 2.30. The monoisotopic (exact) mass is 371 g/mol. The molecule has 28 heavy (non-hydrogen) atoms. The van der Waals surface area contributed by atoms with E-state index >= 15 is 0 Å². The largest absolute Gasteiger partial charge is 0.370 e. The van der Waals surface area contributed by atoms with Crippen molar-refractivity contribution >= 4 is 28.3 Å². The lowest BCUT2D eigenvalue weighted by Gasteiger charge is -2.34. The molecule has 1 aromatic carbocycles. The molecule has 1 fully saturated rings. The Labute approximate surface area is 163 Å². The molecule has 1 saturated heterocycles. The van der Waals surface area contributed by atoms with Gasteiger partial charge in [-0.3, -0.25) is 4.79 Å². The SMILES string of the molecule is Cc1cccc(NC(=O)C2CCCN(c3cc(C#N)nc4ccccc34)C2)n1. The van der Waals surface area contributed by atoms with Crippen LogP contribution in [-0.4, -0.2) is 29.0 Å². The van der Waals surface area contributed by atoms with Crippen molar-refractivity contribution in [3.63, 3.8) is 0 Å². The molecule has 1 unspecified atom stereocenters. The zero-order valence-electron chi connectivity index (χ0n) is 15.7. The number of anilines is 2. The van der Waals surface area contributed by atoms with Crippen LogP contribution in [0.3, 0.4) is 0 Å². The second-order valence-corrected chi connectivity index (χ2v) is 7.09. The number of para-hydroxylation sites is 1. The zero-order valence-corrected chi connectivity index (χ0v) is 15.7. The predicted octanol–water partition coefficient (Wildman–Crippen LogP) is 3.67. The van der Waals surface area contributed by atoms with E-state index in [1.165, 1.54) is 0 Å². The lowest BCUT2D eigenvalue weighted by molar-refractivity contribution is -0.120. The highest BCUT2D eigenvalue weighted by Gasteiger charge is 2.27. The summed E-state index contributed by atoms with van der Waals surface area (Å²) in [7, 11) is 0. The van der Waals surface area contributed by atoms with Crippen molar-refractivity contribution in [2.45, 2.75) is 19.8 Å². The summed E-state index contributed by atoms with van der Waals surface area (Å²) >= 11 is 0. The van der Waals surface area contributed by atoms with Crippen molar-refractivity contribution in [3.8, 4) is 6.07 Å². The van der Waals surface area contributed by atoms with Gasteiger partial charge in [0.05, 0.1) is 11.4 Å². The second-order valence-electron chi connectivity index (χ2n) is 7.09. The van der Waals surface area contributed by atoms with E-state index in [1.807, 2.05) is 49.4 Å². The highest BCUT2D eigenvalue weighted by molar-refractivity contribution is 5.94. The molecule has 4 rings (SSSR count). The van der Waals surface area contributed by atoms with Gasteiger partial charge in [-0.2, -0.15) is 5.26 Å². The van der Waals surface area contributed by atoms with Gasteiger partial charge < -0.3 is 10.2 Å². The number of carbonyl (C=O) groups excluding carboxylic acids is 1. The fraction of sp³-hybridized carbons (Fsp3) is 0.273. The number of aryl methyl sites for hydroxylation is 1. The van der Waals surface area contributed by atoms with Gasteiger partial charge in [0, 0.05) is 29.9 Å². The number of nitrogens with zero attached hydrogens (tertiary/aromatic N) is 4. The number of carbonyl (C=O) groups is 1. The van der Waals surface area contributed by atoms with E-state index in [1.54, 1.807) is 6.07 Å². The van der Waals surface area contributed by atoms with E-state index in [-0.39, 0.29) is 11.8 Å². The molecule has 0 spiro atoms. The second kappa shape index (κ2) is 7.65. The fourth-order valence-electron chi connectivity index (χ4n) is 3.73. The number of nitrogens with one attached hydrogen (secondary N) is 1. The average Bonchev–Trinajstić information content (AvgIpc) is 2.73. The molecule has 0 aliphatic carbocycles. The quantitative estimate of drug-likeness (QED) is 0.760. The van der Waals surface area contributed by atoms with Crippen molar-refractivity contribution < 1.29 is 4.79 Å². The van der Waals surface area contributed by atoms with Crippen LogP contribution in [0.15, 0.2) is 48.5 Å². The van der Waals surface area contributed by atoms with Crippen LogP contribution in [0.2, 0.25) is 0 Å². The van der Waals surface area contributed by atoms with E-state index in [0.717, 1.165) is 41.7 Å². The van der Waals surface area contributed by atoms with E-state index in [2.05, 4.69) is 26.3 Å². The Morgan fingerprint density at radius 2 is 2.07 bits per heavy atom. The third kappa shape index (κ3) is 3.65. The Hall–Kier alpha value is -3.46. The summed E-state index contributed by atoms with van der Waals surface area (Å²) in [6.07, 6.45) is 1.75. The number of piperidine rings is 1. The maximum Gasteiger partial charge on any atom is 0.230 e. The molecule has 6 nitrogen and oxygen atoms in total. The molecule has 2 aromatic heterocycles. The Balaban J connectivity index is 1.58. The topological polar surface area (TPSA) is 81.9 Å². The van der Waals surface area contributed by atoms with Gasteiger partial charge in [0.2, 0.25) is 5.91 Å². The van der Waals surface area contributed by atoms with Crippen LogP contribution in [0.1, 0.15) is 24.2 Å². The van der Waals surface area contributed by atoms with Gasteiger partial charge in [-0.15, -0.1) is 0 Å². The summed E-state index contributed by atoms with van der Waals surface area (Å²) in [5, 5.41) is 13.3. The Kier molecular flexibility index (Phi) is 4.90. The number of amides is 1. The van der Waals surface area contributed by atoms with Gasteiger partial charge in [0.1, 0.15) is 17.6 Å². The van der Waals surface area contributed by atoms with Gasteiger partial charge in [-0.05, 0) is 44.0 Å². The van der Waals surface area contributed by atoms with Crippen molar-refractivity contribution in [1.29, 1.82) is 5.26 Å². The molecule has 140 valence electrons. The molecule has 0 bridgehead atoms. The number of aromatic nitrogens is 2. The van der Waals surface area contributed by atoms with Crippen LogP contribution in [0.4, 0.5) is 11.5 Å². The number of pyridine rings is 2.